The van der Waals surface area contributed by atoms with Crippen molar-refractivity contribution in [2.75, 3.05) is 6.61 Å². The Kier molecular flexibility index (Phi) is 6.01. The topological polar surface area (TPSA) is 9.23 Å². The number of rotatable bonds is 5. The zero-order valence-corrected chi connectivity index (χ0v) is 16.5. The van der Waals surface area contributed by atoms with Gasteiger partial charge in [-0.3, -0.25) is 0 Å². The van der Waals surface area contributed by atoms with Crippen LogP contribution in [0.25, 0.3) is 0 Å². The highest BCUT2D eigenvalue weighted by Crippen LogP contribution is 2.36. The highest BCUT2D eigenvalue weighted by molar-refractivity contribution is 6.99. The van der Waals surface area contributed by atoms with Gasteiger partial charge >= 0.3 is 0 Å². The summed E-state index contributed by atoms with van der Waals surface area (Å²) in [5.74, 6) is 0. The molecule has 2 heteroatoms. The van der Waals surface area contributed by atoms with Crippen LogP contribution in [0.2, 0.25) is 5.04 Å². The van der Waals surface area contributed by atoms with Gasteiger partial charge in [0.05, 0.1) is 6.61 Å². The van der Waals surface area contributed by atoms with Crippen molar-refractivity contribution in [3.05, 3.63) is 78.0 Å². The van der Waals surface area contributed by atoms with Gasteiger partial charge in [-0.05, 0) is 40.9 Å². The smallest absolute Gasteiger partial charge is 0.261 e. The first-order valence-electron chi connectivity index (χ1n) is 8.51. The van der Waals surface area contributed by atoms with E-state index in [1.54, 1.807) is 0 Å². The number of hydrogen-bond acceptors (Lipinski definition) is 1. The highest BCUT2D eigenvalue weighted by Gasteiger charge is 2.49. The van der Waals surface area contributed by atoms with Gasteiger partial charge in [0.1, 0.15) is 0 Å². The lowest BCUT2D eigenvalue weighted by Gasteiger charge is -2.42. The van der Waals surface area contributed by atoms with Gasteiger partial charge in [-0.2, -0.15) is 0 Å². The Balaban J connectivity index is 2.59. The van der Waals surface area contributed by atoms with E-state index in [-0.39, 0.29) is 5.04 Å². The molecule has 0 unspecified atom stereocenters. The van der Waals surface area contributed by atoms with Gasteiger partial charge < -0.3 is 4.43 Å². The molecule has 0 aliphatic carbocycles. The molecule has 24 heavy (non-hydrogen) atoms. The van der Waals surface area contributed by atoms with Gasteiger partial charge in [-0.15, -0.1) is 5.73 Å². The summed E-state index contributed by atoms with van der Waals surface area (Å²) in [6.45, 7) is 11.6. The maximum absolute atomic E-state index is 6.72. The average Bonchev–Trinajstić information content (AvgIpc) is 2.55. The van der Waals surface area contributed by atoms with E-state index in [2.05, 4.69) is 101 Å². The van der Waals surface area contributed by atoms with Crippen LogP contribution < -0.4 is 10.4 Å². The Hall–Kier alpha value is -1.86. The predicted molar refractivity (Wildman–Crippen MR) is 107 cm³/mol. The van der Waals surface area contributed by atoms with Crippen molar-refractivity contribution in [3.63, 3.8) is 0 Å². The second-order valence-corrected chi connectivity index (χ2v) is 11.6. The molecule has 0 aliphatic rings. The zero-order valence-electron chi connectivity index (χ0n) is 15.5. The molecule has 0 atom stereocenters. The summed E-state index contributed by atoms with van der Waals surface area (Å²) in [5.41, 5.74) is 4.43. The number of benzene rings is 2. The van der Waals surface area contributed by atoms with Crippen LogP contribution in [0.1, 0.15) is 34.6 Å². The van der Waals surface area contributed by atoms with Crippen LogP contribution in [0.15, 0.2) is 78.0 Å². The fraction of sp³-hybridized carbons (Fsp3) is 0.318. The van der Waals surface area contributed by atoms with Gasteiger partial charge in [0.25, 0.3) is 8.32 Å². The number of hydrogen-bond donors (Lipinski definition) is 0. The van der Waals surface area contributed by atoms with Crippen LogP contribution in [0.3, 0.4) is 0 Å². The standard InChI is InChI=1S/C22H28OSi/c1-19(2)13-12-18-23-24(22(3,4)5,20-14-8-6-9-15-20)21-16-10-7-11-17-21/h6-12,14-17H,18H2,1-5H3. The minimum atomic E-state index is -2.40. The van der Waals surface area contributed by atoms with E-state index in [1.807, 2.05) is 6.08 Å². The summed E-state index contributed by atoms with van der Waals surface area (Å²) in [5, 5.41) is 2.65. The predicted octanol–water partition coefficient (Wildman–Crippen LogP) is 4.68. The molecule has 0 saturated carbocycles. The van der Waals surface area contributed by atoms with Gasteiger partial charge in [0.15, 0.2) is 0 Å². The fourth-order valence-electron chi connectivity index (χ4n) is 3.17. The molecule has 0 aromatic heterocycles. The quantitative estimate of drug-likeness (QED) is 0.569. The first kappa shape index (κ1) is 18.5. The monoisotopic (exact) mass is 336 g/mol. The second-order valence-electron chi connectivity index (χ2n) is 7.32. The van der Waals surface area contributed by atoms with Crippen molar-refractivity contribution in [2.24, 2.45) is 0 Å². The van der Waals surface area contributed by atoms with Gasteiger partial charge in [-0.1, -0.05) is 81.4 Å². The molecule has 0 radical (unpaired) electrons. The Bertz CT molecular complexity index is 661. The van der Waals surface area contributed by atoms with Crippen LogP contribution in [-0.4, -0.2) is 14.9 Å². The first-order chi connectivity index (χ1) is 11.4. The van der Waals surface area contributed by atoms with Gasteiger partial charge in [0, 0.05) is 0 Å². The van der Waals surface area contributed by atoms with Gasteiger partial charge in [0.2, 0.25) is 0 Å². The van der Waals surface area contributed by atoms with E-state index in [0.717, 1.165) is 0 Å². The van der Waals surface area contributed by atoms with Crippen LogP contribution >= 0.6 is 0 Å². The molecule has 0 amide bonds. The summed E-state index contributed by atoms with van der Waals surface area (Å²) in [4.78, 5) is 0. The molecule has 0 fully saturated rings. The summed E-state index contributed by atoms with van der Waals surface area (Å²) in [7, 11) is -2.40. The molecule has 0 bridgehead atoms. The Morgan fingerprint density at radius 3 is 1.75 bits per heavy atom. The molecule has 2 aromatic rings. The van der Waals surface area contributed by atoms with E-state index in [4.69, 9.17) is 4.43 Å². The molecule has 2 aromatic carbocycles. The molecule has 0 saturated heterocycles. The van der Waals surface area contributed by atoms with Crippen LogP contribution in [0, 0.1) is 0 Å². The van der Waals surface area contributed by atoms with Crippen molar-refractivity contribution in [1.82, 2.24) is 0 Å². The average molecular weight is 337 g/mol. The van der Waals surface area contributed by atoms with Crippen molar-refractivity contribution in [3.8, 4) is 0 Å². The third-order valence-corrected chi connectivity index (χ3v) is 9.20. The van der Waals surface area contributed by atoms with E-state index < -0.39 is 8.32 Å². The summed E-state index contributed by atoms with van der Waals surface area (Å²) in [6.07, 6.45) is 2.01. The zero-order chi connectivity index (χ0) is 17.6. The lowest BCUT2D eigenvalue weighted by molar-refractivity contribution is 0.339. The molecular weight excluding hydrogens is 308 g/mol. The summed E-state index contributed by atoms with van der Waals surface area (Å²) in [6, 6.07) is 21.5. The SMILES string of the molecule is CC(C)=C=CCO[Si](c1ccccc1)(c1ccccc1)C(C)(C)C. The third-order valence-electron chi connectivity index (χ3n) is 4.19. The van der Waals surface area contributed by atoms with E-state index in [1.165, 1.54) is 15.9 Å². The minimum absolute atomic E-state index is 0.0223. The van der Waals surface area contributed by atoms with Crippen molar-refractivity contribution < 1.29 is 4.43 Å². The van der Waals surface area contributed by atoms with E-state index >= 15 is 0 Å². The lowest BCUT2D eigenvalue weighted by Crippen LogP contribution is -2.66. The highest BCUT2D eigenvalue weighted by atomic mass is 28.4. The Morgan fingerprint density at radius 1 is 0.917 bits per heavy atom. The maximum Gasteiger partial charge on any atom is 0.261 e. The van der Waals surface area contributed by atoms with Gasteiger partial charge in [-0.25, -0.2) is 0 Å². The molecule has 0 aliphatic heterocycles. The first-order valence-corrected chi connectivity index (χ1v) is 10.4. The lowest BCUT2D eigenvalue weighted by atomic mass is 10.2. The van der Waals surface area contributed by atoms with Crippen molar-refractivity contribution in [1.29, 1.82) is 0 Å². The normalized spacial score (nSPS) is 11.7. The van der Waals surface area contributed by atoms with Crippen LogP contribution in [-0.2, 0) is 4.43 Å². The van der Waals surface area contributed by atoms with Crippen molar-refractivity contribution in [2.45, 2.75) is 39.7 Å². The van der Waals surface area contributed by atoms with E-state index in [9.17, 15) is 0 Å². The minimum Gasteiger partial charge on any atom is -0.403 e. The van der Waals surface area contributed by atoms with Crippen LogP contribution in [0.4, 0.5) is 0 Å². The molecule has 0 heterocycles. The Labute approximate surface area is 147 Å². The largest absolute Gasteiger partial charge is 0.403 e. The molecule has 0 spiro atoms. The van der Waals surface area contributed by atoms with Crippen LogP contribution in [0.5, 0.6) is 0 Å². The molecule has 126 valence electrons. The molecule has 1 nitrogen and oxygen atoms in total. The van der Waals surface area contributed by atoms with E-state index in [0.29, 0.717) is 6.61 Å². The molecule has 2 rings (SSSR count). The second kappa shape index (κ2) is 7.81. The maximum atomic E-state index is 6.72. The Morgan fingerprint density at radius 2 is 1.38 bits per heavy atom. The van der Waals surface area contributed by atoms with Crippen molar-refractivity contribution >= 4 is 18.7 Å². The molecular formula is C22H28OSi. The fourth-order valence-corrected chi connectivity index (χ4v) is 7.66. The third kappa shape index (κ3) is 3.96. The summed E-state index contributed by atoms with van der Waals surface area (Å²) < 4.78 is 6.72. The summed E-state index contributed by atoms with van der Waals surface area (Å²) >= 11 is 0. The molecule has 0 N–H and O–H groups in total.